The summed E-state index contributed by atoms with van der Waals surface area (Å²) in [4.78, 5) is 10.8. The summed E-state index contributed by atoms with van der Waals surface area (Å²) in [5, 5.41) is 18.3. The zero-order valence-corrected chi connectivity index (χ0v) is 9.68. The van der Waals surface area contributed by atoms with Crippen LogP contribution >= 0.6 is 0 Å². The Morgan fingerprint density at radius 1 is 1.53 bits per heavy atom. The summed E-state index contributed by atoms with van der Waals surface area (Å²) in [5.41, 5.74) is 0.367. The van der Waals surface area contributed by atoms with Crippen molar-refractivity contribution in [3.05, 3.63) is 29.6 Å². The number of aliphatic hydroxyl groups is 1. The fourth-order valence-electron chi connectivity index (χ4n) is 1.42. The average molecular weight is 242 g/mol. The highest BCUT2D eigenvalue weighted by Crippen LogP contribution is 2.27. The molecule has 4 nitrogen and oxygen atoms in total. The highest BCUT2D eigenvalue weighted by atomic mass is 19.1. The fraction of sp³-hybridized carbons (Fsp3) is 0.417. The smallest absolute Gasteiger partial charge is 0.344 e. The summed E-state index contributed by atoms with van der Waals surface area (Å²) in [6.07, 6.45) is -1.64. The molecule has 0 fully saturated rings. The Morgan fingerprint density at radius 3 is 2.65 bits per heavy atom. The number of hydrogen-bond acceptors (Lipinski definition) is 3. The maximum atomic E-state index is 13.1. The topological polar surface area (TPSA) is 66.8 Å². The third-order valence-electron chi connectivity index (χ3n) is 2.34. The van der Waals surface area contributed by atoms with E-state index in [2.05, 4.69) is 0 Å². The second-order valence-corrected chi connectivity index (χ2v) is 3.71. The van der Waals surface area contributed by atoms with Crippen molar-refractivity contribution in [3.8, 4) is 5.75 Å². The number of rotatable bonds is 5. The molecule has 0 amide bonds. The zero-order chi connectivity index (χ0) is 13.0. The van der Waals surface area contributed by atoms with Gasteiger partial charge in [0.1, 0.15) is 11.6 Å². The van der Waals surface area contributed by atoms with Crippen molar-refractivity contribution in [1.29, 1.82) is 0 Å². The van der Waals surface area contributed by atoms with Crippen molar-refractivity contribution >= 4 is 5.97 Å². The van der Waals surface area contributed by atoms with Crippen LogP contribution in [0.2, 0.25) is 0 Å². The van der Waals surface area contributed by atoms with Gasteiger partial charge in [-0.1, -0.05) is 6.92 Å². The van der Waals surface area contributed by atoms with E-state index >= 15 is 0 Å². The van der Waals surface area contributed by atoms with E-state index in [1.54, 1.807) is 6.92 Å². The first-order valence-electron chi connectivity index (χ1n) is 5.32. The Labute approximate surface area is 98.7 Å². The van der Waals surface area contributed by atoms with Gasteiger partial charge >= 0.3 is 5.97 Å². The SMILES string of the molecule is CCC(Oc1cc(F)ccc1C(C)O)C(=O)O. The third kappa shape index (κ3) is 3.42. The van der Waals surface area contributed by atoms with E-state index in [4.69, 9.17) is 9.84 Å². The monoisotopic (exact) mass is 242 g/mol. The molecule has 0 aromatic heterocycles. The van der Waals surface area contributed by atoms with Gasteiger partial charge in [-0.15, -0.1) is 0 Å². The Bertz CT molecular complexity index is 403. The molecule has 17 heavy (non-hydrogen) atoms. The average Bonchev–Trinajstić information content (AvgIpc) is 2.25. The minimum Gasteiger partial charge on any atom is -0.479 e. The van der Waals surface area contributed by atoms with Crippen molar-refractivity contribution in [1.82, 2.24) is 0 Å². The van der Waals surface area contributed by atoms with Crippen LogP contribution in [0.3, 0.4) is 0 Å². The zero-order valence-electron chi connectivity index (χ0n) is 9.68. The third-order valence-corrected chi connectivity index (χ3v) is 2.34. The van der Waals surface area contributed by atoms with Crippen LogP contribution < -0.4 is 4.74 Å². The molecule has 0 heterocycles. The summed E-state index contributed by atoms with van der Waals surface area (Å²) >= 11 is 0. The van der Waals surface area contributed by atoms with E-state index in [1.165, 1.54) is 19.1 Å². The highest BCUT2D eigenvalue weighted by molar-refractivity contribution is 5.72. The number of aliphatic carboxylic acids is 1. The lowest BCUT2D eigenvalue weighted by molar-refractivity contribution is -0.145. The fourth-order valence-corrected chi connectivity index (χ4v) is 1.42. The van der Waals surface area contributed by atoms with Crippen molar-refractivity contribution < 1.29 is 24.1 Å². The molecule has 0 aliphatic rings. The van der Waals surface area contributed by atoms with Gasteiger partial charge in [-0.3, -0.25) is 0 Å². The largest absolute Gasteiger partial charge is 0.479 e. The van der Waals surface area contributed by atoms with E-state index in [1.807, 2.05) is 0 Å². The molecular formula is C12H15FO4. The normalized spacial score (nSPS) is 14.1. The van der Waals surface area contributed by atoms with Crippen LogP contribution in [0, 0.1) is 5.82 Å². The van der Waals surface area contributed by atoms with Gasteiger partial charge in [0.25, 0.3) is 0 Å². The first-order valence-corrected chi connectivity index (χ1v) is 5.32. The van der Waals surface area contributed by atoms with Crippen LogP contribution in [0.1, 0.15) is 31.9 Å². The molecule has 5 heteroatoms. The summed E-state index contributed by atoms with van der Waals surface area (Å²) in [7, 11) is 0. The summed E-state index contributed by atoms with van der Waals surface area (Å²) in [6, 6.07) is 3.65. The molecule has 0 radical (unpaired) electrons. The molecule has 1 rings (SSSR count). The number of hydrogen-bond donors (Lipinski definition) is 2. The molecule has 2 atom stereocenters. The lowest BCUT2D eigenvalue weighted by atomic mass is 10.1. The van der Waals surface area contributed by atoms with Gasteiger partial charge in [0.05, 0.1) is 6.10 Å². The lowest BCUT2D eigenvalue weighted by Crippen LogP contribution is -2.26. The highest BCUT2D eigenvalue weighted by Gasteiger charge is 2.20. The van der Waals surface area contributed by atoms with Crippen molar-refractivity contribution in [2.24, 2.45) is 0 Å². The van der Waals surface area contributed by atoms with E-state index in [0.29, 0.717) is 5.56 Å². The van der Waals surface area contributed by atoms with Gasteiger partial charge in [-0.2, -0.15) is 0 Å². The molecular weight excluding hydrogens is 227 g/mol. The summed E-state index contributed by atoms with van der Waals surface area (Å²) in [5.74, 6) is -1.59. The number of carboxylic acid groups (broad SMARTS) is 1. The van der Waals surface area contributed by atoms with E-state index in [9.17, 15) is 14.3 Å². The molecule has 2 unspecified atom stereocenters. The quantitative estimate of drug-likeness (QED) is 0.830. The van der Waals surface area contributed by atoms with E-state index in [-0.39, 0.29) is 12.2 Å². The maximum absolute atomic E-state index is 13.1. The minimum absolute atomic E-state index is 0.0641. The van der Waals surface area contributed by atoms with E-state index < -0.39 is 24.0 Å². The number of halogens is 1. The van der Waals surface area contributed by atoms with Gasteiger partial charge in [-0.25, -0.2) is 9.18 Å². The Kier molecular flexibility index (Phi) is 4.45. The predicted molar refractivity (Wildman–Crippen MR) is 59.4 cm³/mol. The molecule has 0 aliphatic carbocycles. The standard InChI is InChI=1S/C12H15FO4/c1-3-10(12(15)16)17-11-6-8(13)4-5-9(11)7(2)14/h4-7,10,14H,3H2,1-2H3,(H,15,16). The van der Waals surface area contributed by atoms with Gasteiger partial charge in [0.2, 0.25) is 0 Å². The van der Waals surface area contributed by atoms with Crippen molar-refractivity contribution in [2.45, 2.75) is 32.5 Å². The van der Waals surface area contributed by atoms with Crippen LogP contribution in [-0.4, -0.2) is 22.3 Å². The summed E-state index contributed by atoms with van der Waals surface area (Å²) < 4.78 is 18.3. The number of carboxylic acids is 1. The second kappa shape index (κ2) is 5.63. The van der Waals surface area contributed by atoms with Crippen molar-refractivity contribution in [3.63, 3.8) is 0 Å². The molecule has 2 N–H and O–H groups in total. The van der Waals surface area contributed by atoms with Gasteiger partial charge in [-0.05, 0) is 25.5 Å². The molecule has 1 aromatic rings. The van der Waals surface area contributed by atoms with Crippen LogP contribution in [0.4, 0.5) is 4.39 Å². The molecule has 0 spiro atoms. The number of ether oxygens (including phenoxy) is 1. The molecule has 0 bridgehead atoms. The first-order chi connectivity index (χ1) is 7.95. The minimum atomic E-state index is -1.12. The van der Waals surface area contributed by atoms with Crippen LogP contribution in [0.15, 0.2) is 18.2 Å². The summed E-state index contributed by atoms with van der Waals surface area (Å²) in [6.45, 7) is 3.15. The molecule has 94 valence electrons. The second-order valence-electron chi connectivity index (χ2n) is 3.71. The van der Waals surface area contributed by atoms with Crippen molar-refractivity contribution in [2.75, 3.05) is 0 Å². The van der Waals surface area contributed by atoms with Crippen LogP contribution in [-0.2, 0) is 4.79 Å². The predicted octanol–water partition coefficient (Wildman–Crippen LogP) is 2.12. The number of aliphatic hydroxyl groups excluding tert-OH is 1. The molecule has 0 saturated heterocycles. The number of benzene rings is 1. The Morgan fingerprint density at radius 2 is 2.18 bits per heavy atom. The Balaban J connectivity index is 3.02. The van der Waals surface area contributed by atoms with Crippen LogP contribution in [0.5, 0.6) is 5.75 Å². The van der Waals surface area contributed by atoms with Crippen LogP contribution in [0.25, 0.3) is 0 Å². The Hall–Kier alpha value is -1.62. The van der Waals surface area contributed by atoms with E-state index in [0.717, 1.165) is 6.07 Å². The first kappa shape index (κ1) is 13.4. The maximum Gasteiger partial charge on any atom is 0.344 e. The molecule has 1 aromatic carbocycles. The van der Waals surface area contributed by atoms with Gasteiger partial charge < -0.3 is 14.9 Å². The molecule has 0 saturated carbocycles. The number of carbonyl (C=O) groups is 1. The van der Waals surface area contributed by atoms with Gasteiger partial charge in [0, 0.05) is 11.6 Å². The van der Waals surface area contributed by atoms with Gasteiger partial charge in [0.15, 0.2) is 6.10 Å². The lowest BCUT2D eigenvalue weighted by Gasteiger charge is -2.17. The molecule has 0 aliphatic heterocycles.